The zero-order valence-corrected chi connectivity index (χ0v) is 12.6. The highest BCUT2D eigenvalue weighted by Gasteiger charge is 2.42. The SMILES string of the molecule is Cc1nn(C(C)C)c(N2CCCC3(C2)OCCO3)c1N. The molecule has 2 aliphatic heterocycles. The summed E-state index contributed by atoms with van der Waals surface area (Å²) in [6, 6.07) is 0.282. The van der Waals surface area contributed by atoms with Crippen LogP contribution in [-0.2, 0) is 9.47 Å². The third-order valence-electron chi connectivity index (χ3n) is 4.13. The average Bonchev–Trinajstić information content (AvgIpc) is 2.96. The minimum Gasteiger partial charge on any atom is -0.394 e. The fraction of sp³-hybridized carbons (Fsp3) is 0.786. The summed E-state index contributed by atoms with van der Waals surface area (Å²) in [6.45, 7) is 9.28. The van der Waals surface area contributed by atoms with Gasteiger partial charge < -0.3 is 20.1 Å². The zero-order valence-electron chi connectivity index (χ0n) is 12.6. The summed E-state index contributed by atoms with van der Waals surface area (Å²) in [4.78, 5) is 2.27. The van der Waals surface area contributed by atoms with Crippen molar-refractivity contribution in [2.75, 3.05) is 36.9 Å². The molecule has 1 aromatic heterocycles. The monoisotopic (exact) mass is 280 g/mol. The molecular weight excluding hydrogens is 256 g/mol. The van der Waals surface area contributed by atoms with Gasteiger partial charge >= 0.3 is 0 Å². The molecule has 0 unspecified atom stereocenters. The molecule has 0 bridgehead atoms. The Balaban J connectivity index is 1.92. The first-order chi connectivity index (χ1) is 9.52. The van der Waals surface area contributed by atoms with E-state index in [-0.39, 0.29) is 6.04 Å². The second-order valence-corrected chi connectivity index (χ2v) is 5.99. The van der Waals surface area contributed by atoms with Gasteiger partial charge in [-0.25, -0.2) is 4.68 Å². The summed E-state index contributed by atoms with van der Waals surface area (Å²) in [5, 5.41) is 4.57. The Morgan fingerprint density at radius 2 is 2.00 bits per heavy atom. The van der Waals surface area contributed by atoms with Gasteiger partial charge in [-0.1, -0.05) is 0 Å². The molecule has 0 atom stereocenters. The topological polar surface area (TPSA) is 65.5 Å². The third kappa shape index (κ3) is 2.16. The lowest BCUT2D eigenvalue weighted by molar-refractivity contribution is -0.161. The smallest absolute Gasteiger partial charge is 0.186 e. The molecular formula is C14H24N4O2. The van der Waals surface area contributed by atoms with Gasteiger partial charge in [0.1, 0.15) is 0 Å². The Kier molecular flexibility index (Phi) is 3.38. The molecule has 112 valence electrons. The van der Waals surface area contributed by atoms with Crippen LogP contribution in [0, 0.1) is 6.92 Å². The largest absolute Gasteiger partial charge is 0.394 e. The molecule has 2 fully saturated rings. The van der Waals surface area contributed by atoms with E-state index in [1.807, 2.05) is 11.6 Å². The molecule has 20 heavy (non-hydrogen) atoms. The number of nitrogens with two attached hydrogens (primary N) is 1. The summed E-state index contributed by atoms with van der Waals surface area (Å²) in [5.41, 5.74) is 7.91. The van der Waals surface area contributed by atoms with Crippen LogP contribution in [-0.4, -0.2) is 41.9 Å². The second kappa shape index (κ2) is 4.93. The van der Waals surface area contributed by atoms with E-state index in [1.165, 1.54) is 0 Å². The van der Waals surface area contributed by atoms with Gasteiger partial charge in [-0.3, -0.25) is 0 Å². The molecule has 0 saturated carbocycles. The number of anilines is 2. The number of ether oxygens (including phenoxy) is 2. The van der Waals surface area contributed by atoms with Crippen molar-refractivity contribution in [2.24, 2.45) is 0 Å². The highest BCUT2D eigenvalue weighted by molar-refractivity contribution is 5.66. The normalized spacial score (nSPS) is 22.1. The maximum atomic E-state index is 6.25. The fourth-order valence-corrected chi connectivity index (χ4v) is 3.12. The Morgan fingerprint density at radius 1 is 1.30 bits per heavy atom. The number of hydrogen-bond acceptors (Lipinski definition) is 5. The lowest BCUT2D eigenvalue weighted by atomic mass is 10.0. The minimum absolute atomic E-state index is 0.282. The van der Waals surface area contributed by atoms with E-state index in [2.05, 4.69) is 23.8 Å². The molecule has 0 aliphatic carbocycles. The summed E-state index contributed by atoms with van der Waals surface area (Å²) >= 11 is 0. The van der Waals surface area contributed by atoms with E-state index in [9.17, 15) is 0 Å². The van der Waals surface area contributed by atoms with Crippen molar-refractivity contribution in [2.45, 2.75) is 45.4 Å². The Bertz CT molecular complexity index is 492. The summed E-state index contributed by atoms with van der Waals surface area (Å²) in [6.07, 6.45) is 2.00. The number of hydrogen-bond donors (Lipinski definition) is 1. The molecule has 3 rings (SSSR count). The maximum Gasteiger partial charge on any atom is 0.186 e. The minimum atomic E-state index is -0.440. The van der Waals surface area contributed by atoms with Crippen molar-refractivity contribution in [1.29, 1.82) is 0 Å². The van der Waals surface area contributed by atoms with Gasteiger partial charge in [0.25, 0.3) is 0 Å². The summed E-state index contributed by atoms with van der Waals surface area (Å²) in [5.74, 6) is 0.570. The van der Waals surface area contributed by atoms with Gasteiger partial charge in [-0.05, 0) is 27.2 Å². The Morgan fingerprint density at radius 3 is 2.65 bits per heavy atom. The van der Waals surface area contributed by atoms with Crippen LogP contribution in [0.5, 0.6) is 0 Å². The molecule has 0 radical (unpaired) electrons. The van der Waals surface area contributed by atoms with Crippen LogP contribution in [0.4, 0.5) is 11.5 Å². The van der Waals surface area contributed by atoms with E-state index < -0.39 is 5.79 Å². The molecule has 1 aromatic rings. The van der Waals surface area contributed by atoms with E-state index in [0.717, 1.165) is 43.1 Å². The molecule has 0 amide bonds. The summed E-state index contributed by atoms with van der Waals surface area (Å²) in [7, 11) is 0. The van der Waals surface area contributed by atoms with Gasteiger partial charge in [0, 0.05) is 19.0 Å². The first-order valence-corrected chi connectivity index (χ1v) is 7.40. The standard InChI is InChI=1S/C14H24N4O2/c1-10(2)18-13(12(15)11(3)16-18)17-6-4-5-14(9-17)19-7-8-20-14/h10H,4-9,15H2,1-3H3. The molecule has 2 saturated heterocycles. The van der Waals surface area contributed by atoms with Gasteiger partial charge in [0.2, 0.25) is 0 Å². The van der Waals surface area contributed by atoms with Crippen molar-refractivity contribution < 1.29 is 9.47 Å². The van der Waals surface area contributed by atoms with Crippen LogP contribution in [0.15, 0.2) is 0 Å². The van der Waals surface area contributed by atoms with Crippen LogP contribution in [0.3, 0.4) is 0 Å². The van der Waals surface area contributed by atoms with E-state index >= 15 is 0 Å². The van der Waals surface area contributed by atoms with Gasteiger partial charge in [0.05, 0.1) is 31.1 Å². The number of piperidine rings is 1. The molecule has 2 N–H and O–H groups in total. The highest BCUT2D eigenvalue weighted by atomic mass is 16.7. The van der Waals surface area contributed by atoms with Crippen LogP contribution in [0.1, 0.15) is 38.4 Å². The molecule has 6 heteroatoms. The van der Waals surface area contributed by atoms with Gasteiger partial charge in [-0.2, -0.15) is 5.10 Å². The average molecular weight is 280 g/mol. The lowest BCUT2D eigenvalue weighted by Crippen LogP contribution is -2.49. The second-order valence-electron chi connectivity index (χ2n) is 5.99. The number of nitrogen functional groups attached to an aromatic ring is 1. The molecule has 2 aliphatic rings. The Labute approximate surface area is 119 Å². The van der Waals surface area contributed by atoms with Gasteiger partial charge in [-0.15, -0.1) is 0 Å². The van der Waals surface area contributed by atoms with Gasteiger partial charge in [0.15, 0.2) is 11.6 Å². The predicted molar refractivity (Wildman–Crippen MR) is 77.8 cm³/mol. The predicted octanol–water partition coefficient (Wildman–Crippen LogP) is 1.70. The fourth-order valence-electron chi connectivity index (χ4n) is 3.12. The first-order valence-electron chi connectivity index (χ1n) is 7.40. The van der Waals surface area contributed by atoms with Crippen molar-refractivity contribution >= 4 is 11.5 Å². The number of rotatable bonds is 2. The van der Waals surface area contributed by atoms with Crippen LogP contribution < -0.4 is 10.6 Å². The van der Waals surface area contributed by atoms with E-state index in [1.54, 1.807) is 0 Å². The van der Waals surface area contributed by atoms with E-state index in [0.29, 0.717) is 13.2 Å². The lowest BCUT2D eigenvalue weighted by Gasteiger charge is -2.40. The summed E-state index contributed by atoms with van der Waals surface area (Å²) < 4.78 is 13.7. The maximum absolute atomic E-state index is 6.25. The van der Waals surface area contributed by atoms with Crippen LogP contribution in [0.25, 0.3) is 0 Å². The van der Waals surface area contributed by atoms with Crippen molar-refractivity contribution in [1.82, 2.24) is 9.78 Å². The van der Waals surface area contributed by atoms with Crippen LogP contribution >= 0.6 is 0 Å². The molecule has 1 spiro atoms. The highest BCUT2D eigenvalue weighted by Crippen LogP contribution is 2.36. The van der Waals surface area contributed by atoms with Crippen molar-refractivity contribution in [3.8, 4) is 0 Å². The van der Waals surface area contributed by atoms with Crippen molar-refractivity contribution in [3.05, 3.63) is 5.69 Å². The molecule has 0 aromatic carbocycles. The zero-order chi connectivity index (χ0) is 14.3. The number of aromatic nitrogens is 2. The quantitative estimate of drug-likeness (QED) is 0.893. The molecule has 6 nitrogen and oxygen atoms in total. The Hall–Kier alpha value is -1.27. The first kappa shape index (κ1) is 13.7. The number of nitrogens with zero attached hydrogens (tertiary/aromatic N) is 3. The van der Waals surface area contributed by atoms with E-state index in [4.69, 9.17) is 15.2 Å². The van der Waals surface area contributed by atoms with Crippen molar-refractivity contribution in [3.63, 3.8) is 0 Å². The number of aryl methyl sites for hydroxylation is 1. The van der Waals surface area contributed by atoms with Crippen LogP contribution in [0.2, 0.25) is 0 Å². The molecule has 3 heterocycles. The third-order valence-corrected chi connectivity index (χ3v) is 4.13.